The van der Waals surface area contributed by atoms with Crippen LogP contribution in [0.25, 0.3) is 11.1 Å². The SMILES string of the molecule is N#Cc1ccc(-c2cccc(C(=O)O)c2C(=O)O)cc1. The number of carboxylic acid groups (broad SMARTS) is 2. The minimum Gasteiger partial charge on any atom is -0.478 e. The molecule has 0 spiro atoms. The number of carbonyl (C=O) groups is 2. The second kappa shape index (κ2) is 5.24. The molecule has 0 aliphatic rings. The molecule has 2 aromatic carbocycles. The van der Waals surface area contributed by atoms with Crippen LogP contribution in [0.15, 0.2) is 42.5 Å². The second-order valence-electron chi connectivity index (χ2n) is 4.03. The summed E-state index contributed by atoms with van der Waals surface area (Å²) in [5, 5.41) is 27.0. The van der Waals surface area contributed by atoms with Crippen molar-refractivity contribution in [3.8, 4) is 17.2 Å². The number of nitrogens with zero attached hydrogens (tertiary/aromatic N) is 1. The first kappa shape index (κ1) is 13.3. The van der Waals surface area contributed by atoms with Gasteiger partial charge in [0.25, 0.3) is 0 Å². The molecule has 0 heterocycles. The normalized spacial score (nSPS) is 9.75. The van der Waals surface area contributed by atoms with Crippen molar-refractivity contribution in [3.63, 3.8) is 0 Å². The Morgan fingerprint density at radius 1 is 0.950 bits per heavy atom. The maximum absolute atomic E-state index is 11.3. The summed E-state index contributed by atoms with van der Waals surface area (Å²) >= 11 is 0. The van der Waals surface area contributed by atoms with Crippen LogP contribution >= 0.6 is 0 Å². The van der Waals surface area contributed by atoms with E-state index in [2.05, 4.69) is 0 Å². The standard InChI is InChI=1S/C15H9NO4/c16-8-9-4-6-10(7-5-9)11-2-1-3-12(14(17)18)13(11)15(19)20/h1-7H,(H,17,18)(H,19,20). The second-order valence-corrected chi connectivity index (χ2v) is 4.03. The fourth-order valence-electron chi connectivity index (χ4n) is 1.93. The Kier molecular flexibility index (Phi) is 3.49. The van der Waals surface area contributed by atoms with Gasteiger partial charge in [0.05, 0.1) is 22.8 Å². The van der Waals surface area contributed by atoms with Gasteiger partial charge in [-0.1, -0.05) is 24.3 Å². The summed E-state index contributed by atoms with van der Waals surface area (Å²) < 4.78 is 0. The Bertz CT molecular complexity index is 727. The van der Waals surface area contributed by atoms with E-state index in [4.69, 9.17) is 10.4 Å². The summed E-state index contributed by atoms with van der Waals surface area (Å²) in [5.74, 6) is -2.60. The largest absolute Gasteiger partial charge is 0.478 e. The molecule has 0 aliphatic heterocycles. The van der Waals surface area contributed by atoms with Crippen molar-refractivity contribution in [1.29, 1.82) is 5.26 Å². The third-order valence-electron chi connectivity index (χ3n) is 2.83. The molecule has 0 saturated heterocycles. The zero-order valence-corrected chi connectivity index (χ0v) is 10.2. The Labute approximate surface area is 114 Å². The van der Waals surface area contributed by atoms with Gasteiger partial charge in [0, 0.05) is 0 Å². The molecular formula is C15H9NO4. The number of hydrogen-bond donors (Lipinski definition) is 2. The Morgan fingerprint density at radius 2 is 1.60 bits per heavy atom. The first-order valence-electron chi connectivity index (χ1n) is 5.64. The molecule has 5 nitrogen and oxygen atoms in total. The molecule has 0 saturated carbocycles. The Morgan fingerprint density at radius 3 is 2.10 bits per heavy atom. The average Bonchev–Trinajstić information content (AvgIpc) is 2.46. The average molecular weight is 267 g/mol. The van der Waals surface area contributed by atoms with Crippen LogP contribution in [0.4, 0.5) is 0 Å². The van der Waals surface area contributed by atoms with Crippen LogP contribution in [0.3, 0.4) is 0 Å². The number of rotatable bonds is 3. The van der Waals surface area contributed by atoms with Crippen molar-refractivity contribution in [2.24, 2.45) is 0 Å². The highest BCUT2D eigenvalue weighted by Gasteiger charge is 2.20. The lowest BCUT2D eigenvalue weighted by molar-refractivity contribution is 0.0652. The van der Waals surface area contributed by atoms with Crippen molar-refractivity contribution in [2.45, 2.75) is 0 Å². The molecule has 0 amide bonds. The molecule has 98 valence electrons. The molecule has 2 N–H and O–H groups in total. The van der Waals surface area contributed by atoms with Gasteiger partial charge in [-0.2, -0.15) is 5.26 Å². The van der Waals surface area contributed by atoms with Crippen molar-refractivity contribution >= 4 is 11.9 Å². The summed E-state index contributed by atoms with van der Waals surface area (Å²) in [6.07, 6.45) is 0. The van der Waals surface area contributed by atoms with Crippen LogP contribution in [0.1, 0.15) is 26.3 Å². The molecule has 0 atom stereocenters. The predicted molar refractivity (Wildman–Crippen MR) is 70.5 cm³/mol. The highest BCUT2D eigenvalue weighted by Crippen LogP contribution is 2.27. The summed E-state index contributed by atoms with van der Waals surface area (Å²) in [5.41, 5.74) is 0.774. The van der Waals surface area contributed by atoms with E-state index < -0.39 is 11.9 Å². The highest BCUT2D eigenvalue weighted by atomic mass is 16.4. The van der Waals surface area contributed by atoms with Crippen LogP contribution in [0.2, 0.25) is 0 Å². The topological polar surface area (TPSA) is 98.4 Å². The van der Waals surface area contributed by atoms with Crippen LogP contribution < -0.4 is 0 Å². The van der Waals surface area contributed by atoms with Gasteiger partial charge >= 0.3 is 11.9 Å². The molecule has 0 aromatic heterocycles. The van der Waals surface area contributed by atoms with Gasteiger partial charge in [-0.15, -0.1) is 0 Å². The van der Waals surface area contributed by atoms with Crippen LogP contribution in [-0.2, 0) is 0 Å². The van der Waals surface area contributed by atoms with E-state index in [1.165, 1.54) is 18.2 Å². The molecule has 0 bridgehead atoms. The van der Waals surface area contributed by atoms with Crippen molar-refractivity contribution in [2.75, 3.05) is 0 Å². The molecule has 0 aliphatic carbocycles. The van der Waals surface area contributed by atoms with E-state index in [9.17, 15) is 14.7 Å². The zero-order valence-electron chi connectivity index (χ0n) is 10.2. The predicted octanol–water partition coefficient (Wildman–Crippen LogP) is 2.62. The van der Waals surface area contributed by atoms with Gasteiger partial charge in [-0.3, -0.25) is 0 Å². The van der Waals surface area contributed by atoms with Gasteiger partial charge in [0.2, 0.25) is 0 Å². The number of aromatic carboxylic acids is 2. The van der Waals surface area contributed by atoms with E-state index in [0.29, 0.717) is 16.7 Å². The molecule has 0 radical (unpaired) electrons. The van der Waals surface area contributed by atoms with E-state index in [1.54, 1.807) is 24.3 Å². The molecule has 0 fully saturated rings. The van der Waals surface area contributed by atoms with E-state index >= 15 is 0 Å². The number of benzene rings is 2. The number of carboxylic acids is 2. The van der Waals surface area contributed by atoms with E-state index in [-0.39, 0.29) is 11.1 Å². The summed E-state index contributed by atoms with van der Waals surface area (Å²) in [7, 11) is 0. The van der Waals surface area contributed by atoms with Crippen molar-refractivity contribution in [3.05, 3.63) is 59.2 Å². The Hall–Kier alpha value is -3.13. The van der Waals surface area contributed by atoms with Crippen LogP contribution in [0.5, 0.6) is 0 Å². The van der Waals surface area contributed by atoms with E-state index in [1.807, 2.05) is 6.07 Å². The third-order valence-corrected chi connectivity index (χ3v) is 2.83. The molecule has 2 rings (SSSR count). The minimum absolute atomic E-state index is 0.260. The quantitative estimate of drug-likeness (QED) is 0.890. The zero-order chi connectivity index (χ0) is 14.7. The fraction of sp³-hybridized carbons (Fsp3) is 0. The first-order valence-corrected chi connectivity index (χ1v) is 5.64. The minimum atomic E-state index is -1.30. The van der Waals surface area contributed by atoms with Crippen molar-refractivity contribution < 1.29 is 19.8 Å². The summed E-state index contributed by atoms with van der Waals surface area (Å²) in [4.78, 5) is 22.4. The van der Waals surface area contributed by atoms with Crippen LogP contribution in [-0.4, -0.2) is 22.2 Å². The lowest BCUT2D eigenvalue weighted by atomic mass is 9.95. The van der Waals surface area contributed by atoms with Gasteiger partial charge in [0.1, 0.15) is 0 Å². The Balaban J connectivity index is 2.67. The summed E-state index contributed by atoms with van der Waals surface area (Å²) in [6.45, 7) is 0. The maximum atomic E-state index is 11.3. The van der Waals surface area contributed by atoms with E-state index in [0.717, 1.165) is 0 Å². The smallest absolute Gasteiger partial charge is 0.337 e. The molecular weight excluding hydrogens is 258 g/mol. The lowest BCUT2D eigenvalue weighted by Gasteiger charge is -2.09. The maximum Gasteiger partial charge on any atom is 0.337 e. The molecule has 0 unspecified atom stereocenters. The first-order chi connectivity index (χ1) is 9.54. The number of nitriles is 1. The van der Waals surface area contributed by atoms with Gasteiger partial charge in [-0.05, 0) is 29.3 Å². The monoisotopic (exact) mass is 267 g/mol. The third kappa shape index (κ3) is 2.35. The molecule has 5 heteroatoms. The number of hydrogen-bond acceptors (Lipinski definition) is 3. The van der Waals surface area contributed by atoms with Gasteiger partial charge < -0.3 is 10.2 Å². The molecule has 20 heavy (non-hydrogen) atoms. The molecule has 2 aromatic rings. The summed E-state index contributed by atoms with van der Waals surface area (Å²) in [6, 6.07) is 12.5. The highest BCUT2D eigenvalue weighted by molar-refractivity contribution is 6.06. The van der Waals surface area contributed by atoms with Gasteiger partial charge in [-0.25, -0.2) is 9.59 Å². The van der Waals surface area contributed by atoms with Crippen molar-refractivity contribution in [1.82, 2.24) is 0 Å². The fourth-order valence-corrected chi connectivity index (χ4v) is 1.93. The van der Waals surface area contributed by atoms with Gasteiger partial charge in [0.15, 0.2) is 0 Å². The lowest BCUT2D eigenvalue weighted by Crippen LogP contribution is -2.09. The van der Waals surface area contributed by atoms with Crippen LogP contribution in [0, 0.1) is 11.3 Å².